The zero-order valence-electron chi connectivity index (χ0n) is 15.9. The fourth-order valence-electron chi connectivity index (χ4n) is 3.40. The van der Waals surface area contributed by atoms with E-state index in [0.717, 1.165) is 32.1 Å². The van der Waals surface area contributed by atoms with Crippen molar-refractivity contribution in [1.82, 2.24) is 10.2 Å². The van der Waals surface area contributed by atoms with Crippen LogP contribution in [0.15, 0.2) is 24.3 Å². The van der Waals surface area contributed by atoms with Crippen molar-refractivity contribution in [3.8, 4) is 0 Å². The summed E-state index contributed by atoms with van der Waals surface area (Å²) < 4.78 is 5.13. The molecule has 0 saturated heterocycles. The smallest absolute Gasteiger partial charge is 0.312 e. The quantitative estimate of drug-likeness (QED) is 0.511. The van der Waals surface area contributed by atoms with E-state index in [1.165, 1.54) is 11.1 Å². The molecule has 148 valence electrons. The van der Waals surface area contributed by atoms with Gasteiger partial charge in [0, 0.05) is 20.0 Å². The van der Waals surface area contributed by atoms with Crippen LogP contribution in [0.25, 0.3) is 0 Å². The van der Waals surface area contributed by atoms with Gasteiger partial charge in [0.25, 0.3) is 5.91 Å². The molecule has 0 saturated carbocycles. The van der Waals surface area contributed by atoms with Crippen molar-refractivity contribution in [1.29, 1.82) is 0 Å². The summed E-state index contributed by atoms with van der Waals surface area (Å²) in [4.78, 5) is 36.5. The standard InChI is InChI=1S/C20H29N3O4/c1-23(17-11-7-9-15-8-4-5-10-16(15)17)18(24)14-27-19(25)12-3-2-6-13-22-20(21)26/h4-5,8,10,17H,2-3,6-7,9,11-14H2,1H3,(H3,21,22,26)/t17-/m1/s1. The molecule has 0 bridgehead atoms. The first kappa shape index (κ1) is 20.7. The molecule has 0 unspecified atom stereocenters. The van der Waals surface area contributed by atoms with E-state index in [2.05, 4.69) is 17.4 Å². The second kappa shape index (κ2) is 10.5. The summed E-state index contributed by atoms with van der Waals surface area (Å²) >= 11 is 0. The number of primary amides is 1. The molecule has 27 heavy (non-hydrogen) atoms. The molecule has 1 aromatic rings. The SMILES string of the molecule is CN(C(=O)COC(=O)CCCCCNC(N)=O)[C@@H]1CCCc2ccccc21. The molecule has 3 amide bonds. The first-order chi connectivity index (χ1) is 13.0. The number of esters is 1. The molecule has 0 aliphatic heterocycles. The number of nitrogens with one attached hydrogen (secondary N) is 1. The van der Waals surface area contributed by atoms with Crippen LogP contribution < -0.4 is 11.1 Å². The predicted molar refractivity (Wildman–Crippen MR) is 102 cm³/mol. The van der Waals surface area contributed by atoms with E-state index >= 15 is 0 Å². The maximum Gasteiger partial charge on any atom is 0.312 e. The van der Waals surface area contributed by atoms with Gasteiger partial charge in [0.15, 0.2) is 6.61 Å². The van der Waals surface area contributed by atoms with Crippen LogP contribution in [0.5, 0.6) is 0 Å². The van der Waals surface area contributed by atoms with Gasteiger partial charge in [-0.25, -0.2) is 4.79 Å². The number of hydrogen-bond donors (Lipinski definition) is 2. The Labute approximate surface area is 160 Å². The second-order valence-corrected chi connectivity index (χ2v) is 6.87. The number of fused-ring (bicyclic) bond motifs is 1. The van der Waals surface area contributed by atoms with Gasteiger partial charge in [0.05, 0.1) is 6.04 Å². The van der Waals surface area contributed by atoms with Crippen molar-refractivity contribution in [3.63, 3.8) is 0 Å². The molecule has 2 rings (SSSR count). The number of carbonyl (C=O) groups is 3. The number of unbranched alkanes of at least 4 members (excludes halogenated alkanes) is 2. The van der Waals surface area contributed by atoms with Crippen LogP contribution in [-0.4, -0.2) is 43.0 Å². The summed E-state index contributed by atoms with van der Waals surface area (Å²) in [7, 11) is 1.77. The van der Waals surface area contributed by atoms with Crippen LogP contribution in [-0.2, 0) is 20.7 Å². The number of nitrogens with two attached hydrogens (primary N) is 1. The van der Waals surface area contributed by atoms with Crippen LogP contribution in [0.2, 0.25) is 0 Å². The molecule has 3 N–H and O–H groups in total. The average molecular weight is 375 g/mol. The third-order valence-corrected chi connectivity index (χ3v) is 4.91. The normalized spacial score (nSPS) is 15.5. The monoisotopic (exact) mass is 375 g/mol. The van der Waals surface area contributed by atoms with Crippen LogP contribution in [0.3, 0.4) is 0 Å². The lowest BCUT2D eigenvalue weighted by Crippen LogP contribution is -2.36. The van der Waals surface area contributed by atoms with Gasteiger partial charge < -0.3 is 20.7 Å². The highest BCUT2D eigenvalue weighted by molar-refractivity contribution is 5.81. The lowest BCUT2D eigenvalue weighted by molar-refractivity contribution is -0.152. The van der Waals surface area contributed by atoms with Crippen molar-refractivity contribution in [3.05, 3.63) is 35.4 Å². The number of carbonyl (C=O) groups excluding carboxylic acids is 3. The van der Waals surface area contributed by atoms with Gasteiger partial charge in [-0.15, -0.1) is 0 Å². The van der Waals surface area contributed by atoms with E-state index < -0.39 is 6.03 Å². The van der Waals surface area contributed by atoms with Crippen LogP contribution in [0.4, 0.5) is 4.79 Å². The van der Waals surface area contributed by atoms with E-state index in [4.69, 9.17) is 10.5 Å². The number of amides is 3. The Bertz CT molecular complexity index is 662. The lowest BCUT2D eigenvalue weighted by Gasteiger charge is -2.33. The number of rotatable bonds is 9. The average Bonchev–Trinajstić information content (AvgIpc) is 2.67. The van der Waals surface area contributed by atoms with Gasteiger partial charge in [-0.2, -0.15) is 0 Å². The van der Waals surface area contributed by atoms with E-state index in [1.54, 1.807) is 11.9 Å². The summed E-state index contributed by atoms with van der Waals surface area (Å²) in [6, 6.07) is 7.70. The van der Waals surface area contributed by atoms with Gasteiger partial charge in [0.1, 0.15) is 0 Å². The van der Waals surface area contributed by atoms with Crippen LogP contribution in [0.1, 0.15) is 55.7 Å². The summed E-state index contributed by atoms with van der Waals surface area (Å²) in [5.41, 5.74) is 7.45. The van der Waals surface area contributed by atoms with Gasteiger partial charge in [-0.05, 0) is 43.2 Å². The molecule has 0 radical (unpaired) electrons. The topological polar surface area (TPSA) is 102 Å². The highest BCUT2D eigenvalue weighted by Gasteiger charge is 2.26. The Hall–Kier alpha value is -2.57. The number of ether oxygens (including phenoxy) is 1. The Balaban J connectivity index is 1.69. The number of urea groups is 1. The summed E-state index contributed by atoms with van der Waals surface area (Å²) in [6.45, 7) is 0.272. The molecule has 7 nitrogen and oxygen atoms in total. The highest BCUT2D eigenvalue weighted by atomic mass is 16.5. The predicted octanol–water partition coefficient (Wildman–Crippen LogP) is 2.29. The number of aryl methyl sites for hydroxylation is 1. The first-order valence-corrected chi connectivity index (χ1v) is 9.51. The van der Waals surface area contributed by atoms with Crippen LogP contribution in [0, 0.1) is 0 Å². The summed E-state index contributed by atoms with van der Waals surface area (Å²) in [6.07, 6.45) is 5.45. The molecular formula is C20H29N3O4. The van der Waals surface area contributed by atoms with Crippen molar-refractivity contribution >= 4 is 17.9 Å². The third kappa shape index (κ3) is 6.58. The minimum atomic E-state index is -0.544. The second-order valence-electron chi connectivity index (χ2n) is 6.87. The Morgan fingerprint density at radius 3 is 2.78 bits per heavy atom. The van der Waals surface area contributed by atoms with E-state index in [1.807, 2.05) is 12.1 Å². The van der Waals surface area contributed by atoms with Crippen molar-refractivity contribution in [2.24, 2.45) is 5.73 Å². The maximum atomic E-state index is 12.4. The zero-order chi connectivity index (χ0) is 19.6. The third-order valence-electron chi connectivity index (χ3n) is 4.91. The molecule has 1 aromatic carbocycles. The summed E-state index contributed by atoms with van der Waals surface area (Å²) in [5.74, 6) is -0.556. The van der Waals surface area contributed by atoms with Crippen molar-refractivity contribution < 1.29 is 19.1 Å². The minimum Gasteiger partial charge on any atom is -0.456 e. The first-order valence-electron chi connectivity index (χ1n) is 9.51. The van der Waals surface area contributed by atoms with Gasteiger partial charge >= 0.3 is 12.0 Å². The zero-order valence-corrected chi connectivity index (χ0v) is 15.9. The highest BCUT2D eigenvalue weighted by Crippen LogP contribution is 2.33. The number of nitrogens with zero attached hydrogens (tertiary/aromatic N) is 1. The fraction of sp³-hybridized carbons (Fsp3) is 0.550. The molecule has 0 fully saturated rings. The Morgan fingerprint density at radius 1 is 1.22 bits per heavy atom. The lowest BCUT2D eigenvalue weighted by atomic mass is 9.87. The largest absolute Gasteiger partial charge is 0.456 e. The molecule has 1 aliphatic rings. The fourth-order valence-corrected chi connectivity index (χ4v) is 3.40. The van der Waals surface area contributed by atoms with Gasteiger partial charge in [-0.1, -0.05) is 30.7 Å². The van der Waals surface area contributed by atoms with E-state index in [-0.39, 0.29) is 30.9 Å². The van der Waals surface area contributed by atoms with E-state index in [0.29, 0.717) is 13.0 Å². The number of benzene rings is 1. The Morgan fingerprint density at radius 2 is 2.00 bits per heavy atom. The minimum absolute atomic E-state index is 0.0407. The molecule has 0 heterocycles. The van der Waals surface area contributed by atoms with Crippen molar-refractivity contribution in [2.75, 3.05) is 20.2 Å². The molecule has 7 heteroatoms. The molecule has 0 spiro atoms. The molecule has 1 atom stereocenters. The van der Waals surface area contributed by atoms with Crippen LogP contribution >= 0.6 is 0 Å². The molecular weight excluding hydrogens is 346 g/mol. The number of likely N-dealkylation sites (N-methyl/N-ethyl adjacent to an activating group) is 1. The van der Waals surface area contributed by atoms with Crippen molar-refractivity contribution in [2.45, 2.75) is 51.0 Å². The Kier molecular flexibility index (Phi) is 8.10. The number of hydrogen-bond acceptors (Lipinski definition) is 4. The van der Waals surface area contributed by atoms with E-state index in [9.17, 15) is 14.4 Å². The van der Waals surface area contributed by atoms with Gasteiger partial charge in [0.2, 0.25) is 0 Å². The summed E-state index contributed by atoms with van der Waals surface area (Å²) in [5, 5.41) is 2.50. The maximum absolute atomic E-state index is 12.4. The van der Waals surface area contributed by atoms with Gasteiger partial charge in [-0.3, -0.25) is 9.59 Å². The molecule has 0 aromatic heterocycles. The molecule has 1 aliphatic carbocycles.